The van der Waals surface area contributed by atoms with Gasteiger partial charge in [-0.05, 0) is 36.1 Å². The zero-order valence-electron chi connectivity index (χ0n) is 9.49. The number of thiophene rings is 1. The first kappa shape index (κ1) is 11.4. The summed E-state index contributed by atoms with van der Waals surface area (Å²) >= 11 is 1.72. The number of rotatable bonds is 4. The quantitative estimate of drug-likeness (QED) is 0.634. The molecule has 2 aromatic rings. The van der Waals surface area contributed by atoms with Gasteiger partial charge in [-0.3, -0.25) is 5.84 Å². The van der Waals surface area contributed by atoms with Gasteiger partial charge in [0.25, 0.3) is 0 Å². The van der Waals surface area contributed by atoms with Crippen LogP contribution in [0.2, 0.25) is 0 Å². The lowest BCUT2D eigenvalue weighted by atomic mass is 10.1. The Morgan fingerprint density at radius 3 is 2.81 bits per heavy atom. The van der Waals surface area contributed by atoms with Crippen LogP contribution in [0, 0.1) is 6.92 Å². The lowest BCUT2D eigenvalue weighted by Crippen LogP contribution is -2.28. The number of furan rings is 1. The molecular formula is C12H16N2OS. The molecule has 0 spiro atoms. The van der Waals surface area contributed by atoms with E-state index >= 15 is 0 Å². The van der Waals surface area contributed by atoms with Crippen LogP contribution in [0.3, 0.4) is 0 Å². The summed E-state index contributed by atoms with van der Waals surface area (Å²) in [7, 11) is 0. The van der Waals surface area contributed by atoms with Crippen molar-refractivity contribution in [2.24, 2.45) is 5.84 Å². The Kier molecular flexibility index (Phi) is 3.43. The lowest BCUT2D eigenvalue weighted by molar-refractivity contribution is 0.426. The molecule has 3 nitrogen and oxygen atoms in total. The summed E-state index contributed by atoms with van der Waals surface area (Å²) in [5, 5.41) is 2.11. The fourth-order valence-electron chi connectivity index (χ4n) is 1.70. The predicted octanol–water partition coefficient (Wildman–Crippen LogP) is 2.76. The summed E-state index contributed by atoms with van der Waals surface area (Å²) in [6, 6.07) is 6.06. The molecule has 16 heavy (non-hydrogen) atoms. The molecule has 1 unspecified atom stereocenters. The van der Waals surface area contributed by atoms with Gasteiger partial charge in [-0.25, -0.2) is 5.43 Å². The van der Waals surface area contributed by atoms with Gasteiger partial charge >= 0.3 is 0 Å². The maximum absolute atomic E-state index is 5.71. The zero-order valence-corrected chi connectivity index (χ0v) is 10.3. The van der Waals surface area contributed by atoms with Crippen LogP contribution in [0.25, 0.3) is 0 Å². The third kappa shape index (κ3) is 2.19. The monoisotopic (exact) mass is 236 g/mol. The minimum Gasteiger partial charge on any atom is -0.464 e. The average Bonchev–Trinajstić information content (AvgIpc) is 2.89. The van der Waals surface area contributed by atoms with E-state index in [-0.39, 0.29) is 6.04 Å². The van der Waals surface area contributed by atoms with Crippen molar-refractivity contribution in [2.45, 2.75) is 26.3 Å². The molecule has 0 aliphatic heterocycles. The second-order valence-electron chi connectivity index (χ2n) is 3.75. The second-order valence-corrected chi connectivity index (χ2v) is 4.86. The van der Waals surface area contributed by atoms with E-state index in [9.17, 15) is 0 Å². The highest BCUT2D eigenvalue weighted by molar-refractivity contribution is 7.10. The molecule has 1 atom stereocenters. The summed E-state index contributed by atoms with van der Waals surface area (Å²) in [4.78, 5) is 1.28. The first-order valence-electron chi connectivity index (χ1n) is 5.34. The molecule has 2 aromatic heterocycles. The van der Waals surface area contributed by atoms with Crippen molar-refractivity contribution in [3.63, 3.8) is 0 Å². The third-order valence-electron chi connectivity index (χ3n) is 2.57. The Labute approximate surface area is 99.2 Å². The van der Waals surface area contributed by atoms with Crippen LogP contribution in [0.1, 0.15) is 34.9 Å². The number of hydrazine groups is 1. The summed E-state index contributed by atoms with van der Waals surface area (Å²) in [6.07, 6.45) is 0.903. The SMILES string of the molecule is CCc1ccc(C(NN)c2csc(C)c2)o1. The molecule has 3 N–H and O–H groups in total. The van der Waals surface area contributed by atoms with Crippen molar-refractivity contribution in [1.29, 1.82) is 0 Å². The lowest BCUT2D eigenvalue weighted by Gasteiger charge is -2.11. The van der Waals surface area contributed by atoms with Crippen LogP contribution in [0.4, 0.5) is 0 Å². The van der Waals surface area contributed by atoms with Gasteiger partial charge in [-0.2, -0.15) is 0 Å². The van der Waals surface area contributed by atoms with Crippen molar-refractivity contribution in [1.82, 2.24) is 5.43 Å². The topological polar surface area (TPSA) is 51.2 Å². The summed E-state index contributed by atoms with van der Waals surface area (Å²) in [5.74, 6) is 7.45. The van der Waals surface area contributed by atoms with Gasteiger partial charge in [0.05, 0.1) is 0 Å². The molecule has 0 aliphatic carbocycles. The van der Waals surface area contributed by atoms with Crippen molar-refractivity contribution >= 4 is 11.3 Å². The van der Waals surface area contributed by atoms with E-state index in [1.165, 1.54) is 4.88 Å². The fraction of sp³-hybridized carbons (Fsp3) is 0.333. The van der Waals surface area contributed by atoms with Gasteiger partial charge in [0, 0.05) is 11.3 Å². The molecular weight excluding hydrogens is 220 g/mol. The second kappa shape index (κ2) is 4.82. The van der Waals surface area contributed by atoms with Crippen LogP contribution in [-0.2, 0) is 6.42 Å². The van der Waals surface area contributed by atoms with E-state index in [2.05, 4.69) is 30.7 Å². The van der Waals surface area contributed by atoms with Gasteiger partial charge in [0.15, 0.2) is 0 Å². The Morgan fingerprint density at radius 2 is 2.31 bits per heavy atom. The first-order valence-corrected chi connectivity index (χ1v) is 6.22. The summed E-state index contributed by atoms with van der Waals surface area (Å²) in [5.41, 5.74) is 3.95. The number of hydrogen-bond acceptors (Lipinski definition) is 4. The van der Waals surface area contributed by atoms with E-state index in [1.54, 1.807) is 11.3 Å². The summed E-state index contributed by atoms with van der Waals surface area (Å²) in [6.45, 7) is 4.16. The highest BCUT2D eigenvalue weighted by atomic mass is 32.1. The van der Waals surface area contributed by atoms with Crippen LogP contribution in [0.5, 0.6) is 0 Å². The molecule has 0 fully saturated rings. The van der Waals surface area contributed by atoms with Crippen LogP contribution in [0.15, 0.2) is 28.0 Å². The van der Waals surface area contributed by atoms with Gasteiger partial charge in [-0.15, -0.1) is 11.3 Å². The predicted molar refractivity (Wildman–Crippen MR) is 66.3 cm³/mol. The molecule has 0 aliphatic rings. The Balaban J connectivity index is 2.28. The fourth-order valence-corrected chi connectivity index (χ4v) is 2.43. The molecule has 0 bridgehead atoms. The minimum atomic E-state index is -0.0507. The molecule has 0 saturated carbocycles. The maximum Gasteiger partial charge on any atom is 0.126 e. The largest absolute Gasteiger partial charge is 0.464 e. The highest BCUT2D eigenvalue weighted by Crippen LogP contribution is 2.27. The van der Waals surface area contributed by atoms with Gasteiger partial charge in [0.1, 0.15) is 17.6 Å². The molecule has 2 rings (SSSR count). The molecule has 0 radical (unpaired) electrons. The molecule has 0 saturated heterocycles. The van der Waals surface area contributed by atoms with E-state index in [1.807, 2.05) is 12.1 Å². The van der Waals surface area contributed by atoms with Crippen molar-refractivity contribution in [3.8, 4) is 0 Å². The van der Waals surface area contributed by atoms with E-state index in [0.29, 0.717) is 0 Å². The number of aryl methyl sites for hydroxylation is 2. The van der Waals surface area contributed by atoms with E-state index in [0.717, 1.165) is 23.5 Å². The van der Waals surface area contributed by atoms with E-state index < -0.39 is 0 Å². The Hall–Kier alpha value is -1.10. The van der Waals surface area contributed by atoms with Crippen molar-refractivity contribution < 1.29 is 4.42 Å². The molecule has 0 amide bonds. The molecule has 0 aromatic carbocycles. The Bertz CT molecular complexity index is 461. The molecule has 4 heteroatoms. The number of nitrogens with two attached hydrogens (primary N) is 1. The maximum atomic E-state index is 5.71. The van der Waals surface area contributed by atoms with Crippen molar-refractivity contribution in [2.75, 3.05) is 0 Å². The highest BCUT2D eigenvalue weighted by Gasteiger charge is 2.17. The van der Waals surface area contributed by atoms with Crippen molar-refractivity contribution in [3.05, 3.63) is 45.5 Å². The standard InChI is InChI=1S/C12H16N2OS/c1-3-10-4-5-11(15-10)12(14-13)9-6-8(2)16-7-9/h4-7,12,14H,3,13H2,1-2H3. The smallest absolute Gasteiger partial charge is 0.126 e. The van der Waals surface area contributed by atoms with Gasteiger partial charge in [-0.1, -0.05) is 6.92 Å². The number of hydrogen-bond donors (Lipinski definition) is 2. The average molecular weight is 236 g/mol. The number of nitrogens with one attached hydrogen (secondary N) is 1. The third-order valence-corrected chi connectivity index (χ3v) is 3.45. The van der Waals surface area contributed by atoms with Gasteiger partial charge < -0.3 is 4.42 Å². The normalized spacial score (nSPS) is 12.9. The minimum absolute atomic E-state index is 0.0507. The van der Waals surface area contributed by atoms with Crippen LogP contribution >= 0.6 is 11.3 Å². The zero-order chi connectivity index (χ0) is 11.5. The Morgan fingerprint density at radius 1 is 1.50 bits per heavy atom. The van der Waals surface area contributed by atoms with Gasteiger partial charge in [0.2, 0.25) is 0 Å². The van der Waals surface area contributed by atoms with Crippen LogP contribution < -0.4 is 11.3 Å². The van der Waals surface area contributed by atoms with Crippen LogP contribution in [-0.4, -0.2) is 0 Å². The molecule has 2 heterocycles. The summed E-state index contributed by atoms with van der Waals surface area (Å²) < 4.78 is 5.71. The van der Waals surface area contributed by atoms with E-state index in [4.69, 9.17) is 10.3 Å². The first-order chi connectivity index (χ1) is 7.74. The molecule has 86 valence electrons.